The van der Waals surface area contributed by atoms with Gasteiger partial charge in [-0.2, -0.15) is 0 Å². The largest absolute Gasteiger partial charge is 0.396 e. The van der Waals surface area contributed by atoms with Crippen molar-refractivity contribution in [1.29, 1.82) is 0 Å². The fourth-order valence-corrected chi connectivity index (χ4v) is 2.62. The van der Waals surface area contributed by atoms with Crippen LogP contribution < -0.4 is 16.4 Å². The van der Waals surface area contributed by atoms with Gasteiger partial charge in [-0.15, -0.1) is 0 Å². The second-order valence-electron chi connectivity index (χ2n) is 5.67. The molecule has 2 rings (SSSR count). The van der Waals surface area contributed by atoms with E-state index in [0.29, 0.717) is 24.3 Å². The molecule has 0 radical (unpaired) electrons. The third kappa shape index (κ3) is 2.86. The standard InChI is InChI=1S/C14H21N3O3/c1-14(2)8-17(6-9(7-18)20-14)11-5-3-4-10(12(11)15)13(16)19/h3-5,9,18H,6-8,15H2,1-2H3,(H2,16,19). The van der Waals surface area contributed by atoms with Crippen LogP contribution in [0.1, 0.15) is 24.2 Å². The molecule has 1 saturated heterocycles. The number of nitrogen functional groups attached to an aromatic ring is 1. The topological polar surface area (TPSA) is 102 Å². The van der Waals surface area contributed by atoms with Gasteiger partial charge in [0, 0.05) is 13.1 Å². The minimum atomic E-state index is -0.546. The number of amides is 1. The predicted molar refractivity (Wildman–Crippen MR) is 77.6 cm³/mol. The fraction of sp³-hybridized carbons (Fsp3) is 0.500. The molecule has 1 aromatic carbocycles. The Morgan fingerprint density at radius 3 is 2.85 bits per heavy atom. The average Bonchev–Trinajstić information content (AvgIpc) is 2.36. The van der Waals surface area contributed by atoms with Gasteiger partial charge in [0.1, 0.15) is 0 Å². The molecular formula is C14H21N3O3. The molecule has 0 aromatic heterocycles. The van der Waals surface area contributed by atoms with Crippen LogP contribution in [0.15, 0.2) is 18.2 Å². The Morgan fingerprint density at radius 1 is 1.55 bits per heavy atom. The lowest BCUT2D eigenvalue weighted by Gasteiger charge is -2.43. The molecule has 0 spiro atoms. The number of nitrogens with zero attached hydrogens (tertiary/aromatic N) is 1. The first-order valence-electron chi connectivity index (χ1n) is 6.56. The summed E-state index contributed by atoms with van der Waals surface area (Å²) in [6.07, 6.45) is -0.282. The van der Waals surface area contributed by atoms with Crippen molar-refractivity contribution >= 4 is 17.3 Å². The average molecular weight is 279 g/mol. The number of morpholine rings is 1. The van der Waals surface area contributed by atoms with Gasteiger partial charge in [-0.3, -0.25) is 4.79 Å². The van der Waals surface area contributed by atoms with Crippen LogP contribution in [0.2, 0.25) is 0 Å². The van der Waals surface area contributed by atoms with Crippen molar-refractivity contribution < 1.29 is 14.6 Å². The van der Waals surface area contributed by atoms with Gasteiger partial charge < -0.3 is 26.2 Å². The van der Waals surface area contributed by atoms with Crippen LogP contribution in [0, 0.1) is 0 Å². The molecule has 1 aromatic rings. The Bertz CT molecular complexity index is 516. The molecule has 20 heavy (non-hydrogen) atoms. The molecule has 1 amide bonds. The Labute approximate surface area is 118 Å². The van der Waals surface area contributed by atoms with Gasteiger partial charge in [0.15, 0.2) is 0 Å². The lowest BCUT2D eigenvalue weighted by Crippen LogP contribution is -2.54. The number of anilines is 2. The molecular weight excluding hydrogens is 258 g/mol. The Balaban J connectivity index is 2.35. The summed E-state index contributed by atoms with van der Waals surface area (Å²) in [5, 5.41) is 9.34. The van der Waals surface area contributed by atoms with E-state index in [9.17, 15) is 9.90 Å². The maximum atomic E-state index is 11.4. The van der Waals surface area contributed by atoms with Crippen molar-refractivity contribution in [3.8, 4) is 0 Å². The highest BCUT2D eigenvalue weighted by molar-refractivity contribution is 6.00. The zero-order valence-corrected chi connectivity index (χ0v) is 11.8. The van der Waals surface area contributed by atoms with Crippen molar-refractivity contribution in [2.24, 2.45) is 5.73 Å². The van der Waals surface area contributed by atoms with Gasteiger partial charge in [-0.1, -0.05) is 6.07 Å². The highest BCUT2D eigenvalue weighted by Crippen LogP contribution is 2.31. The van der Waals surface area contributed by atoms with E-state index in [1.54, 1.807) is 12.1 Å². The number of para-hydroxylation sites is 1. The molecule has 110 valence electrons. The number of hydrogen-bond donors (Lipinski definition) is 3. The summed E-state index contributed by atoms with van der Waals surface area (Å²) in [5.41, 5.74) is 12.4. The number of rotatable bonds is 3. The predicted octanol–water partition coefficient (Wildman–Crippen LogP) is 0.344. The Kier molecular flexibility index (Phi) is 3.87. The van der Waals surface area contributed by atoms with E-state index >= 15 is 0 Å². The molecule has 5 N–H and O–H groups in total. The van der Waals surface area contributed by atoms with Gasteiger partial charge in [0.2, 0.25) is 0 Å². The van der Waals surface area contributed by atoms with Gasteiger partial charge in [-0.05, 0) is 26.0 Å². The number of primary amides is 1. The first-order valence-corrected chi connectivity index (χ1v) is 6.56. The second-order valence-corrected chi connectivity index (χ2v) is 5.67. The lowest BCUT2D eigenvalue weighted by molar-refractivity contribution is -0.100. The molecule has 1 fully saturated rings. The van der Waals surface area contributed by atoms with Gasteiger partial charge in [-0.25, -0.2) is 0 Å². The molecule has 0 bridgehead atoms. The summed E-state index contributed by atoms with van der Waals surface area (Å²) in [5.74, 6) is -0.546. The number of carbonyl (C=O) groups is 1. The number of ether oxygens (including phenoxy) is 1. The molecule has 0 saturated carbocycles. The molecule has 6 heteroatoms. The van der Waals surface area contributed by atoms with Crippen molar-refractivity contribution in [3.63, 3.8) is 0 Å². The van der Waals surface area contributed by atoms with Crippen LogP contribution in [0.5, 0.6) is 0 Å². The monoisotopic (exact) mass is 279 g/mol. The van der Waals surface area contributed by atoms with Gasteiger partial charge in [0.05, 0.1) is 35.3 Å². The van der Waals surface area contributed by atoms with Crippen LogP contribution in [0.4, 0.5) is 11.4 Å². The minimum Gasteiger partial charge on any atom is -0.396 e. The Morgan fingerprint density at radius 2 is 2.25 bits per heavy atom. The third-order valence-electron chi connectivity index (χ3n) is 3.37. The van der Waals surface area contributed by atoms with E-state index < -0.39 is 11.5 Å². The zero-order chi connectivity index (χ0) is 14.9. The van der Waals surface area contributed by atoms with Gasteiger partial charge in [0.25, 0.3) is 5.91 Å². The summed E-state index contributed by atoms with van der Waals surface area (Å²) in [6.45, 7) is 4.99. The molecule has 1 aliphatic rings. The molecule has 1 unspecified atom stereocenters. The normalized spacial score (nSPS) is 21.8. The maximum absolute atomic E-state index is 11.4. The summed E-state index contributed by atoms with van der Waals surface area (Å²) < 4.78 is 5.77. The molecule has 1 atom stereocenters. The van der Waals surface area contributed by atoms with E-state index in [2.05, 4.69) is 0 Å². The number of nitrogens with two attached hydrogens (primary N) is 2. The van der Waals surface area contributed by atoms with E-state index in [0.717, 1.165) is 5.69 Å². The van der Waals surface area contributed by atoms with Crippen LogP contribution in [-0.2, 0) is 4.74 Å². The summed E-state index contributed by atoms with van der Waals surface area (Å²) >= 11 is 0. The lowest BCUT2D eigenvalue weighted by atomic mass is 10.0. The fourth-order valence-electron chi connectivity index (χ4n) is 2.62. The highest BCUT2D eigenvalue weighted by Gasteiger charge is 2.34. The molecule has 1 heterocycles. The molecule has 1 aliphatic heterocycles. The number of carbonyl (C=O) groups excluding carboxylic acids is 1. The van der Waals surface area contributed by atoms with Crippen molar-refractivity contribution in [3.05, 3.63) is 23.8 Å². The highest BCUT2D eigenvalue weighted by atomic mass is 16.5. The number of hydrogen-bond acceptors (Lipinski definition) is 5. The van der Waals surface area contributed by atoms with E-state index in [1.165, 1.54) is 0 Å². The van der Waals surface area contributed by atoms with Gasteiger partial charge >= 0.3 is 0 Å². The van der Waals surface area contributed by atoms with Crippen LogP contribution >= 0.6 is 0 Å². The van der Waals surface area contributed by atoms with E-state index in [1.807, 2.05) is 24.8 Å². The summed E-state index contributed by atoms with van der Waals surface area (Å²) in [6, 6.07) is 5.20. The smallest absolute Gasteiger partial charge is 0.250 e. The van der Waals surface area contributed by atoms with Crippen molar-refractivity contribution in [1.82, 2.24) is 0 Å². The van der Waals surface area contributed by atoms with Crippen molar-refractivity contribution in [2.45, 2.75) is 25.6 Å². The maximum Gasteiger partial charge on any atom is 0.250 e. The van der Waals surface area contributed by atoms with E-state index in [4.69, 9.17) is 16.2 Å². The summed E-state index contributed by atoms with van der Waals surface area (Å²) in [7, 11) is 0. The van der Waals surface area contributed by atoms with Crippen LogP contribution in [-0.4, -0.2) is 42.4 Å². The zero-order valence-electron chi connectivity index (χ0n) is 11.8. The second kappa shape index (κ2) is 5.30. The summed E-state index contributed by atoms with van der Waals surface area (Å²) in [4.78, 5) is 13.4. The molecule has 0 aliphatic carbocycles. The Hall–Kier alpha value is -1.79. The number of benzene rings is 1. The first kappa shape index (κ1) is 14.6. The quantitative estimate of drug-likeness (QED) is 0.693. The molecule has 6 nitrogen and oxygen atoms in total. The van der Waals surface area contributed by atoms with E-state index in [-0.39, 0.29) is 12.7 Å². The SMILES string of the molecule is CC1(C)CN(c2cccc(C(N)=O)c2N)CC(CO)O1. The number of aliphatic hydroxyl groups is 1. The van der Waals surface area contributed by atoms with Crippen LogP contribution in [0.25, 0.3) is 0 Å². The minimum absolute atomic E-state index is 0.0602. The number of aliphatic hydroxyl groups excluding tert-OH is 1. The first-order chi connectivity index (χ1) is 9.34. The van der Waals surface area contributed by atoms with Crippen molar-refractivity contribution in [2.75, 3.05) is 30.3 Å². The third-order valence-corrected chi connectivity index (χ3v) is 3.37. The van der Waals surface area contributed by atoms with Crippen LogP contribution in [0.3, 0.4) is 0 Å².